The number of hydrogen-bond acceptors (Lipinski definition) is 6. The number of likely N-dealkylation sites (N-methyl/N-ethyl adjacent to an activating group) is 2. The van der Waals surface area contributed by atoms with Crippen molar-refractivity contribution in [2.24, 2.45) is 0 Å². The topological polar surface area (TPSA) is 104 Å². The molecule has 0 aliphatic carbocycles. The lowest BCUT2D eigenvalue weighted by atomic mass is 10.3. The Kier molecular flexibility index (Phi) is 7.09. The summed E-state index contributed by atoms with van der Waals surface area (Å²) in [6, 6.07) is 3.65. The summed E-state index contributed by atoms with van der Waals surface area (Å²) in [5.74, 6) is -0.118. The van der Waals surface area contributed by atoms with E-state index in [1.807, 2.05) is 13.0 Å². The summed E-state index contributed by atoms with van der Waals surface area (Å²) in [6.07, 6.45) is 1.64. The lowest BCUT2D eigenvalue weighted by Gasteiger charge is -2.24. The van der Waals surface area contributed by atoms with E-state index in [-0.39, 0.29) is 24.0 Å². The number of unbranched alkanes of at least 4 members (excludes halogenated alkanes) is 1. The molecule has 0 bridgehead atoms. The van der Waals surface area contributed by atoms with Crippen LogP contribution in [0.25, 0.3) is 0 Å². The number of H-pyrrole nitrogens is 1. The first-order valence-electron chi connectivity index (χ1n) is 8.56. The average molecular weight is 414 g/mol. The zero-order valence-corrected chi connectivity index (χ0v) is 17.2. The third-order valence-corrected chi connectivity index (χ3v) is 5.37. The number of nitrogens with zero attached hydrogens (tertiary/aromatic N) is 3. The van der Waals surface area contributed by atoms with Gasteiger partial charge in [0, 0.05) is 25.5 Å². The Morgan fingerprint density at radius 3 is 2.63 bits per heavy atom. The molecule has 0 aliphatic rings. The summed E-state index contributed by atoms with van der Waals surface area (Å²) in [7, 11) is 3.28. The van der Waals surface area contributed by atoms with Crippen LogP contribution in [0.2, 0.25) is 4.34 Å². The van der Waals surface area contributed by atoms with Crippen LogP contribution in [-0.4, -0.2) is 41.0 Å². The van der Waals surface area contributed by atoms with E-state index in [0.717, 1.165) is 17.7 Å². The highest BCUT2D eigenvalue weighted by atomic mass is 35.5. The van der Waals surface area contributed by atoms with E-state index < -0.39 is 11.2 Å². The lowest BCUT2D eigenvalue weighted by Crippen LogP contribution is -2.41. The maximum atomic E-state index is 12.5. The van der Waals surface area contributed by atoms with Gasteiger partial charge in [0.15, 0.2) is 0 Å². The van der Waals surface area contributed by atoms with Gasteiger partial charge in [-0.2, -0.15) is 0 Å². The molecule has 8 nitrogen and oxygen atoms in total. The smallest absolute Gasteiger partial charge is 0.330 e. The van der Waals surface area contributed by atoms with Crippen LogP contribution in [-0.2, 0) is 17.9 Å². The van der Waals surface area contributed by atoms with Crippen molar-refractivity contribution in [3.8, 4) is 0 Å². The van der Waals surface area contributed by atoms with Gasteiger partial charge in [-0.3, -0.25) is 19.1 Å². The number of rotatable bonds is 8. The number of carbonyl (C=O) groups is 1. The molecular weight excluding hydrogens is 390 g/mol. The molecular formula is C17H24ClN5O3S. The normalized spacial score (nSPS) is 10.8. The highest BCUT2D eigenvalue weighted by Crippen LogP contribution is 2.22. The Morgan fingerprint density at radius 2 is 2.04 bits per heavy atom. The monoisotopic (exact) mass is 413 g/mol. The zero-order valence-electron chi connectivity index (χ0n) is 15.6. The molecule has 3 N–H and O–H groups in total. The number of carbonyl (C=O) groups excluding carboxylic acids is 1. The number of aromatic amines is 1. The van der Waals surface area contributed by atoms with Crippen molar-refractivity contribution >= 4 is 40.4 Å². The molecule has 10 heteroatoms. The summed E-state index contributed by atoms with van der Waals surface area (Å²) < 4.78 is 2.00. The first kappa shape index (κ1) is 21.0. The second-order valence-electron chi connectivity index (χ2n) is 6.31. The fraction of sp³-hybridized carbons (Fsp3) is 0.471. The van der Waals surface area contributed by atoms with Crippen molar-refractivity contribution in [1.29, 1.82) is 0 Å². The van der Waals surface area contributed by atoms with Crippen molar-refractivity contribution in [2.45, 2.75) is 32.9 Å². The zero-order chi connectivity index (χ0) is 20.1. The molecule has 2 aromatic heterocycles. The minimum Gasteiger partial charge on any atom is -0.383 e. The van der Waals surface area contributed by atoms with E-state index in [9.17, 15) is 14.4 Å². The van der Waals surface area contributed by atoms with Gasteiger partial charge in [-0.25, -0.2) is 4.79 Å². The van der Waals surface area contributed by atoms with Crippen molar-refractivity contribution in [1.82, 2.24) is 14.5 Å². The molecule has 1 amide bonds. The SMILES string of the molecule is CCCCn1c(N)c(N(C)CC(=O)N(C)Cc2ccc(Cl)s2)c(=O)[nH]c1=O. The third kappa shape index (κ3) is 5.14. The first-order valence-corrected chi connectivity index (χ1v) is 9.76. The number of nitrogens with one attached hydrogen (secondary N) is 1. The predicted molar refractivity (Wildman–Crippen MR) is 110 cm³/mol. The molecule has 0 saturated carbocycles. The molecule has 2 aromatic rings. The minimum absolute atomic E-state index is 0.0468. The van der Waals surface area contributed by atoms with Crippen molar-refractivity contribution in [3.05, 3.63) is 42.2 Å². The molecule has 0 saturated heterocycles. The number of amides is 1. The average Bonchev–Trinajstić information content (AvgIpc) is 2.99. The number of anilines is 2. The van der Waals surface area contributed by atoms with Crippen LogP contribution in [0.5, 0.6) is 0 Å². The molecule has 0 atom stereocenters. The maximum absolute atomic E-state index is 12.5. The molecule has 0 aliphatic heterocycles. The second kappa shape index (κ2) is 9.09. The minimum atomic E-state index is -0.603. The fourth-order valence-electron chi connectivity index (χ4n) is 2.65. The molecule has 0 radical (unpaired) electrons. The van der Waals surface area contributed by atoms with Gasteiger partial charge in [0.05, 0.1) is 17.4 Å². The largest absolute Gasteiger partial charge is 0.383 e. The Hall–Kier alpha value is -2.26. The van der Waals surface area contributed by atoms with Crippen LogP contribution in [0.15, 0.2) is 21.7 Å². The summed E-state index contributed by atoms with van der Waals surface area (Å²) in [5, 5.41) is 0. The van der Waals surface area contributed by atoms with Gasteiger partial charge in [-0.05, 0) is 18.6 Å². The summed E-state index contributed by atoms with van der Waals surface area (Å²) in [6.45, 7) is 2.78. The van der Waals surface area contributed by atoms with E-state index in [1.165, 1.54) is 20.8 Å². The summed E-state index contributed by atoms with van der Waals surface area (Å²) in [5.41, 5.74) is 5.04. The Bertz CT molecular complexity index is 920. The van der Waals surface area contributed by atoms with Crippen LogP contribution in [0, 0.1) is 0 Å². The Labute approximate surface area is 166 Å². The summed E-state index contributed by atoms with van der Waals surface area (Å²) >= 11 is 7.32. The van der Waals surface area contributed by atoms with Gasteiger partial charge in [0.25, 0.3) is 5.56 Å². The number of thiophene rings is 1. The lowest BCUT2D eigenvalue weighted by molar-refractivity contribution is -0.128. The molecule has 2 heterocycles. The van der Waals surface area contributed by atoms with E-state index >= 15 is 0 Å². The Balaban J connectivity index is 2.16. The quantitative estimate of drug-likeness (QED) is 0.685. The van der Waals surface area contributed by atoms with Crippen LogP contribution in [0.1, 0.15) is 24.6 Å². The fourth-order valence-corrected chi connectivity index (χ4v) is 3.79. The molecule has 0 fully saturated rings. The highest BCUT2D eigenvalue weighted by molar-refractivity contribution is 7.16. The van der Waals surface area contributed by atoms with Gasteiger partial charge in [0.1, 0.15) is 11.5 Å². The number of hydrogen-bond donors (Lipinski definition) is 2. The number of nitrogen functional groups attached to an aromatic ring is 1. The predicted octanol–water partition coefficient (Wildman–Crippen LogP) is 1.73. The van der Waals surface area contributed by atoms with Crippen molar-refractivity contribution in [3.63, 3.8) is 0 Å². The van der Waals surface area contributed by atoms with E-state index in [0.29, 0.717) is 17.4 Å². The molecule has 0 aromatic carbocycles. The maximum Gasteiger partial charge on any atom is 0.330 e. The standard InChI is InChI=1S/C17H24ClN5O3S/c1-4-5-8-23-15(19)14(16(25)20-17(23)26)22(3)10-13(24)21(2)9-11-6-7-12(18)27-11/h6-7H,4-5,8-10,19H2,1-3H3,(H,20,25,26). The van der Waals surface area contributed by atoms with Gasteiger partial charge < -0.3 is 15.5 Å². The van der Waals surface area contributed by atoms with Crippen molar-refractivity contribution < 1.29 is 4.79 Å². The van der Waals surface area contributed by atoms with E-state index in [1.54, 1.807) is 25.1 Å². The molecule has 27 heavy (non-hydrogen) atoms. The number of aromatic nitrogens is 2. The highest BCUT2D eigenvalue weighted by Gasteiger charge is 2.20. The third-order valence-electron chi connectivity index (χ3n) is 4.15. The number of nitrogens with two attached hydrogens (primary N) is 1. The molecule has 148 valence electrons. The van der Waals surface area contributed by atoms with Crippen LogP contribution in [0.3, 0.4) is 0 Å². The van der Waals surface area contributed by atoms with Gasteiger partial charge in [-0.15, -0.1) is 11.3 Å². The van der Waals surface area contributed by atoms with Crippen LogP contribution in [0.4, 0.5) is 11.5 Å². The van der Waals surface area contributed by atoms with E-state index in [4.69, 9.17) is 17.3 Å². The van der Waals surface area contributed by atoms with Crippen molar-refractivity contribution in [2.75, 3.05) is 31.3 Å². The molecule has 2 rings (SSSR count). The summed E-state index contributed by atoms with van der Waals surface area (Å²) in [4.78, 5) is 43.0. The van der Waals surface area contributed by atoms with Gasteiger partial charge in [0.2, 0.25) is 5.91 Å². The van der Waals surface area contributed by atoms with Gasteiger partial charge >= 0.3 is 5.69 Å². The molecule has 0 spiro atoms. The van der Waals surface area contributed by atoms with Crippen LogP contribution >= 0.6 is 22.9 Å². The van der Waals surface area contributed by atoms with E-state index in [2.05, 4.69) is 4.98 Å². The Morgan fingerprint density at radius 1 is 1.33 bits per heavy atom. The van der Waals surface area contributed by atoms with Crippen LogP contribution < -0.4 is 21.9 Å². The molecule has 0 unspecified atom stereocenters. The number of halogens is 1. The second-order valence-corrected chi connectivity index (χ2v) is 8.11. The van der Waals surface area contributed by atoms with Gasteiger partial charge in [-0.1, -0.05) is 24.9 Å². The first-order chi connectivity index (χ1) is 12.7.